The van der Waals surface area contributed by atoms with Crippen LogP contribution < -0.4 is 15.8 Å². The van der Waals surface area contributed by atoms with Crippen LogP contribution in [0.5, 0.6) is 5.75 Å². The third kappa shape index (κ3) is 3.82. The number of rotatable bonds is 7. The van der Waals surface area contributed by atoms with Gasteiger partial charge in [0.05, 0.1) is 19.0 Å². The summed E-state index contributed by atoms with van der Waals surface area (Å²) in [5.74, 6) is 0.0979. The smallest absolute Gasteiger partial charge is 0.276 e. The minimum absolute atomic E-state index is 0.134. The summed E-state index contributed by atoms with van der Waals surface area (Å²) >= 11 is 0. The molecule has 0 saturated heterocycles. The molecule has 2 amide bonds. The van der Waals surface area contributed by atoms with Crippen LogP contribution in [0.3, 0.4) is 0 Å². The maximum Gasteiger partial charge on any atom is 0.276 e. The molecule has 3 N–H and O–H groups in total. The maximum atomic E-state index is 12.7. The number of aromatic nitrogens is 3. The number of hydrogen-bond acceptors (Lipinski definition) is 5. The highest BCUT2D eigenvalue weighted by Gasteiger charge is 2.45. The minimum Gasteiger partial charge on any atom is -0.497 e. The summed E-state index contributed by atoms with van der Waals surface area (Å²) in [5.41, 5.74) is 7.96. The normalized spacial score (nSPS) is 14.2. The van der Waals surface area contributed by atoms with Crippen molar-refractivity contribution in [1.82, 2.24) is 15.0 Å². The molecule has 0 bridgehead atoms. The first kappa shape index (κ1) is 18.7. The summed E-state index contributed by atoms with van der Waals surface area (Å²) in [4.78, 5) is 24.0. The van der Waals surface area contributed by atoms with E-state index < -0.39 is 0 Å². The second-order valence-corrected chi connectivity index (χ2v) is 7.18. The fourth-order valence-corrected chi connectivity index (χ4v) is 3.46. The van der Waals surface area contributed by atoms with Crippen LogP contribution in [0.1, 0.15) is 35.3 Å². The first-order chi connectivity index (χ1) is 14.0. The van der Waals surface area contributed by atoms with Crippen LogP contribution >= 0.6 is 0 Å². The highest BCUT2D eigenvalue weighted by Crippen LogP contribution is 2.51. The lowest BCUT2D eigenvalue weighted by atomic mass is 9.92. The van der Waals surface area contributed by atoms with Crippen molar-refractivity contribution in [1.29, 1.82) is 0 Å². The van der Waals surface area contributed by atoms with Crippen LogP contribution in [0.2, 0.25) is 0 Å². The lowest BCUT2D eigenvalue weighted by Gasteiger charge is -2.14. The van der Waals surface area contributed by atoms with Crippen molar-refractivity contribution in [3.05, 3.63) is 66.0 Å². The Hall–Kier alpha value is -3.68. The number of ether oxygens (including phenoxy) is 1. The first-order valence-electron chi connectivity index (χ1n) is 9.26. The van der Waals surface area contributed by atoms with Gasteiger partial charge in [-0.3, -0.25) is 9.59 Å². The molecule has 29 heavy (non-hydrogen) atoms. The Kier molecular flexibility index (Phi) is 4.75. The Bertz CT molecular complexity index is 1040. The molecule has 1 saturated carbocycles. The molecule has 0 atom stereocenters. The van der Waals surface area contributed by atoms with Crippen LogP contribution in [0.25, 0.3) is 5.69 Å². The number of benzene rings is 2. The molecular weight excluding hydrogens is 370 g/mol. The SMILES string of the molecule is COc1ccc(-n2nncc2C(=O)Nc2ccc(C3(CC(N)=O)CC3)cc2)cc1. The van der Waals surface area contributed by atoms with Crippen LogP contribution in [-0.2, 0) is 10.2 Å². The fourth-order valence-electron chi connectivity index (χ4n) is 3.46. The number of methoxy groups -OCH3 is 1. The molecule has 1 heterocycles. The van der Waals surface area contributed by atoms with Gasteiger partial charge in [-0.05, 0) is 54.8 Å². The monoisotopic (exact) mass is 391 g/mol. The minimum atomic E-state index is -0.322. The quantitative estimate of drug-likeness (QED) is 0.642. The summed E-state index contributed by atoms with van der Waals surface area (Å²) in [7, 11) is 1.59. The van der Waals surface area contributed by atoms with Gasteiger partial charge in [-0.2, -0.15) is 0 Å². The highest BCUT2D eigenvalue weighted by molar-refractivity contribution is 6.03. The molecule has 0 spiro atoms. The first-order valence-corrected chi connectivity index (χ1v) is 9.26. The van der Waals surface area contributed by atoms with Crippen molar-refractivity contribution in [3.63, 3.8) is 0 Å². The van der Waals surface area contributed by atoms with Crippen molar-refractivity contribution in [2.75, 3.05) is 12.4 Å². The molecule has 0 aliphatic heterocycles. The predicted octanol–water partition coefficient (Wildman–Crippen LogP) is 2.44. The van der Waals surface area contributed by atoms with Gasteiger partial charge in [-0.1, -0.05) is 17.3 Å². The number of primary amides is 1. The van der Waals surface area contributed by atoms with Crippen molar-refractivity contribution in [2.45, 2.75) is 24.7 Å². The average molecular weight is 391 g/mol. The molecule has 0 radical (unpaired) electrons. The summed E-state index contributed by atoms with van der Waals surface area (Å²) in [6.45, 7) is 0. The standard InChI is InChI=1S/C21H21N5O3/c1-29-17-8-6-16(7-9-17)26-18(13-23-25-26)20(28)24-15-4-2-14(3-5-15)21(10-11-21)12-19(22)27/h2-9,13H,10-12H2,1H3,(H2,22,27)(H,24,28). The topological polar surface area (TPSA) is 112 Å². The van der Waals surface area contributed by atoms with E-state index in [1.807, 2.05) is 24.3 Å². The molecule has 0 unspecified atom stereocenters. The Balaban J connectivity index is 1.49. The van der Waals surface area contributed by atoms with Gasteiger partial charge in [0.15, 0.2) is 5.69 Å². The van der Waals surface area contributed by atoms with Gasteiger partial charge in [0.1, 0.15) is 5.75 Å². The van der Waals surface area contributed by atoms with Crippen LogP contribution in [0, 0.1) is 0 Å². The fraction of sp³-hybridized carbons (Fsp3) is 0.238. The molecule has 1 aliphatic carbocycles. The average Bonchev–Trinajstić information content (AvgIpc) is 3.32. The van der Waals surface area contributed by atoms with E-state index in [1.165, 1.54) is 10.9 Å². The number of hydrogen-bond donors (Lipinski definition) is 2. The predicted molar refractivity (Wildman–Crippen MR) is 107 cm³/mol. The summed E-state index contributed by atoms with van der Waals surface area (Å²) < 4.78 is 6.62. The molecule has 3 aromatic rings. The lowest BCUT2D eigenvalue weighted by molar-refractivity contribution is -0.118. The van der Waals surface area contributed by atoms with E-state index in [0.717, 1.165) is 18.4 Å². The number of carbonyl (C=O) groups excluding carboxylic acids is 2. The van der Waals surface area contributed by atoms with Crippen molar-refractivity contribution >= 4 is 17.5 Å². The summed E-state index contributed by atoms with van der Waals surface area (Å²) in [5, 5.41) is 10.7. The number of carbonyl (C=O) groups is 2. The molecule has 8 nitrogen and oxygen atoms in total. The Labute approximate surface area is 167 Å². The Morgan fingerprint density at radius 1 is 1.14 bits per heavy atom. The molecular formula is C21H21N5O3. The van der Waals surface area contributed by atoms with Crippen molar-refractivity contribution in [3.8, 4) is 11.4 Å². The van der Waals surface area contributed by atoms with E-state index in [1.54, 1.807) is 31.4 Å². The number of nitrogens with two attached hydrogens (primary N) is 1. The molecule has 4 rings (SSSR count). The lowest BCUT2D eigenvalue weighted by Crippen LogP contribution is -2.20. The van der Waals surface area contributed by atoms with Crippen molar-refractivity contribution < 1.29 is 14.3 Å². The van der Waals surface area contributed by atoms with Crippen LogP contribution in [-0.4, -0.2) is 33.9 Å². The summed E-state index contributed by atoms with van der Waals surface area (Å²) in [6.07, 6.45) is 3.67. The van der Waals surface area contributed by atoms with Gasteiger partial charge in [-0.15, -0.1) is 5.10 Å². The molecule has 1 fully saturated rings. The molecule has 148 valence electrons. The molecule has 2 aromatic carbocycles. The largest absolute Gasteiger partial charge is 0.497 e. The zero-order chi connectivity index (χ0) is 20.4. The van der Waals surface area contributed by atoms with Gasteiger partial charge < -0.3 is 15.8 Å². The molecule has 1 aromatic heterocycles. The van der Waals surface area contributed by atoms with E-state index in [4.69, 9.17) is 10.5 Å². The molecule has 1 aliphatic rings. The number of amides is 2. The van der Waals surface area contributed by atoms with E-state index in [-0.39, 0.29) is 17.2 Å². The Morgan fingerprint density at radius 2 is 1.83 bits per heavy atom. The van der Waals surface area contributed by atoms with Gasteiger partial charge in [0, 0.05) is 17.5 Å². The van der Waals surface area contributed by atoms with E-state index in [2.05, 4.69) is 15.6 Å². The third-order valence-electron chi connectivity index (χ3n) is 5.22. The van der Waals surface area contributed by atoms with Crippen molar-refractivity contribution in [2.24, 2.45) is 5.73 Å². The maximum absolute atomic E-state index is 12.7. The molecule has 8 heteroatoms. The number of nitrogens with zero attached hydrogens (tertiary/aromatic N) is 3. The second kappa shape index (κ2) is 7.38. The number of nitrogens with one attached hydrogen (secondary N) is 1. The van der Waals surface area contributed by atoms with Gasteiger partial charge in [0.2, 0.25) is 5.91 Å². The number of anilines is 1. The van der Waals surface area contributed by atoms with Gasteiger partial charge in [0.25, 0.3) is 5.91 Å². The van der Waals surface area contributed by atoms with E-state index >= 15 is 0 Å². The highest BCUT2D eigenvalue weighted by atomic mass is 16.5. The van der Waals surface area contributed by atoms with Gasteiger partial charge >= 0.3 is 0 Å². The van der Waals surface area contributed by atoms with Gasteiger partial charge in [-0.25, -0.2) is 4.68 Å². The van der Waals surface area contributed by atoms with E-state index in [9.17, 15) is 9.59 Å². The third-order valence-corrected chi connectivity index (χ3v) is 5.22. The Morgan fingerprint density at radius 3 is 2.41 bits per heavy atom. The van der Waals surface area contributed by atoms with E-state index in [0.29, 0.717) is 29.2 Å². The summed E-state index contributed by atoms with van der Waals surface area (Å²) in [6, 6.07) is 14.7. The zero-order valence-electron chi connectivity index (χ0n) is 16.0. The second-order valence-electron chi connectivity index (χ2n) is 7.18. The zero-order valence-corrected chi connectivity index (χ0v) is 16.0. The van der Waals surface area contributed by atoms with Crippen LogP contribution in [0.4, 0.5) is 5.69 Å². The van der Waals surface area contributed by atoms with Crippen LogP contribution in [0.15, 0.2) is 54.7 Å².